The zero-order valence-electron chi connectivity index (χ0n) is 8.18. The molecule has 0 spiro atoms. The van der Waals surface area contributed by atoms with Crippen LogP contribution in [0.25, 0.3) is 0 Å². The maximum Gasteiger partial charge on any atom is 0.174 e. The van der Waals surface area contributed by atoms with Gasteiger partial charge in [0.05, 0.1) is 6.54 Å². The Morgan fingerprint density at radius 2 is 2.27 bits per heavy atom. The van der Waals surface area contributed by atoms with Crippen molar-refractivity contribution in [1.82, 2.24) is 0 Å². The fraction of sp³-hybridized carbons (Fsp3) is 0.167. The summed E-state index contributed by atoms with van der Waals surface area (Å²) >= 11 is 0. The molecule has 0 aliphatic heterocycles. The van der Waals surface area contributed by atoms with Crippen molar-refractivity contribution in [2.75, 3.05) is 13.2 Å². The number of ether oxygens (including phenoxy) is 1. The first-order chi connectivity index (χ1) is 7.38. The summed E-state index contributed by atoms with van der Waals surface area (Å²) in [6.07, 6.45) is 6.72. The number of terminal acetylenes is 1. The molecule has 0 amide bonds. The molecule has 15 heavy (non-hydrogen) atoms. The molecule has 0 saturated heterocycles. The van der Waals surface area contributed by atoms with Gasteiger partial charge in [0.2, 0.25) is 0 Å². The van der Waals surface area contributed by atoms with E-state index in [2.05, 4.69) is 10.9 Å². The van der Waals surface area contributed by atoms with Crippen LogP contribution < -0.4 is 4.74 Å². The van der Waals surface area contributed by atoms with Crippen LogP contribution in [0.1, 0.15) is 5.56 Å². The Balaban J connectivity index is 2.78. The maximum atomic E-state index is 8.40. The van der Waals surface area contributed by atoms with Gasteiger partial charge in [0.1, 0.15) is 11.8 Å². The number of aliphatic imine (C=N–C) groups is 1. The summed E-state index contributed by atoms with van der Waals surface area (Å²) in [6, 6.07) is 9.26. The quantitative estimate of drug-likeness (QED) is 0.545. The highest BCUT2D eigenvalue weighted by molar-refractivity contribution is 5.83. The molecule has 1 aromatic rings. The molecule has 1 aromatic carbocycles. The minimum atomic E-state index is 0.0278. The third kappa shape index (κ3) is 3.54. The number of nitriles is 1. The van der Waals surface area contributed by atoms with E-state index < -0.39 is 0 Å². The zero-order chi connectivity index (χ0) is 10.9. The summed E-state index contributed by atoms with van der Waals surface area (Å²) in [5.74, 6) is 3.05. The van der Waals surface area contributed by atoms with Gasteiger partial charge in [0, 0.05) is 11.8 Å². The molecule has 0 aromatic heterocycles. The number of nitrogens with zero attached hydrogens (tertiary/aromatic N) is 2. The lowest BCUT2D eigenvalue weighted by Gasteiger charge is -2.04. The fourth-order valence-corrected chi connectivity index (χ4v) is 1.03. The predicted octanol–water partition coefficient (Wildman–Crippen LogP) is 1.64. The Kier molecular flexibility index (Phi) is 4.50. The molecule has 0 aliphatic carbocycles. The van der Waals surface area contributed by atoms with Crippen molar-refractivity contribution < 1.29 is 4.74 Å². The van der Waals surface area contributed by atoms with E-state index in [1.807, 2.05) is 24.3 Å². The van der Waals surface area contributed by atoms with E-state index in [4.69, 9.17) is 16.4 Å². The standard InChI is InChI=1S/C12H10N2O/c1-2-8-14-10-11-5-3-4-6-12(11)15-9-7-13/h1,3-6,10H,8-9H2. The first-order valence-corrected chi connectivity index (χ1v) is 4.40. The van der Waals surface area contributed by atoms with Crippen LogP contribution in [-0.2, 0) is 0 Å². The molecule has 3 heteroatoms. The van der Waals surface area contributed by atoms with Gasteiger partial charge in [-0.25, -0.2) is 0 Å². The second kappa shape index (κ2) is 6.23. The Morgan fingerprint density at radius 3 is 3.00 bits per heavy atom. The van der Waals surface area contributed by atoms with Gasteiger partial charge in [0.15, 0.2) is 6.61 Å². The van der Waals surface area contributed by atoms with Crippen LogP contribution in [0.5, 0.6) is 5.75 Å². The third-order valence-electron chi connectivity index (χ3n) is 1.62. The lowest BCUT2D eigenvalue weighted by Crippen LogP contribution is -1.97. The topological polar surface area (TPSA) is 45.4 Å². The van der Waals surface area contributed by atoms with Crippen molar-refractivity contribution >= 4 is 6.21 Å². The third-order valence-corrected chi connectivity index (χ3v) is 1.62. The smallest absolute Gasteiger partial charge is 0.174 e. The summed E-state index contributed by atoms with van der Waals surface area (Å²) < 4.78 is 5.21. The molecule has 3 nitrogen and oxygen atoms in total. The second-order valence-corrected chi connectivity index (χ2v) is 2.66. The van der Waals surface area contributed by atoms with Gasteiger partial charge in [-0.05, 0) is 12.1 Å². The van der Waals surface area contributed by atoms with Crippen LogP contribution in [0.2, 0.25) is 0 Å². The van der Waals surface area contributed by atoms with Crippen molar-refractivity contribution in [3.8, 4) is 24.2 Å². The molecule has 0 bridgehead atoms. The summed E-state index contributed by atoms with van der Waals surface area (Å²) in [6.45, 7) is 0.368. The van der Waals surface area contributed by atoms with Crippen molar-refractivity contribution in [3.05, 3.63) is 29.8 Å². The van der Waals surface area contributed by atoms with E-state index in [0.29, 0.717) is 12.3 Å². The molecular formula is C12H10N2O. The van der Waals surface area contributed by atoms with Crippen LogP contribution >= 0.6 is 0 Å². The normalized spacial score (nSPS) is 9.47. The molecule has 0 unspecified atom stereocenters. The van der Waals surface area contributed by atoms with Gasteiger partial charge in [-0.1, -0.05) is 18.1 Å². The lowest BCUT2D eigenvalue weighted by atomic mass is 10.2. The van der Waals surface area contributed by atoms with E-state index in [1.54, 1.807) is 12.3 Å². The fourth-order valence-electron chi connectivity index (χ4n) is 1.03. The van der Waals surface area contributed by atoms with Crippen LogP contribution in [0.3, 0.4) is 0 Å². The summed E-state index contributed by atoms with van der Waals surface area (Å²) in [5.41, 5.74) is 0.822. The highest BCUT2D eigenvalue weighted by Gasteiger charge is 1.98. The average Bonchev–Trinajstić information content (AvgIpc) is 2.28. The molecule has 0 fully saturated rings. The number of hydrogen-bond donors (Lipinski definition) is 0. The molecule has 0 N–H and O–H groups in total. The molecule has 0 aliphatic rings. The first-order valence-electron chi connectivity index (χ1n) is 4.40. The Hall–Kier alpha value is -2.26. The first kappa shape index (κ1) is 10.8. The maximum absolute atomic E-state index is 8.40. The number of para-hydroxylation sites is 1. The monoisotopic (exact) mass is 198 g/mol. The van der Waals surface area contributed by atoms with Crippen LogP contribution in [0.4, 0.5) is 0 Å². The van der Waals surface area contributed by atoms with Gasteiger partial charge in [-0.3, -0.25) is 4.99 Å². The Bertz CT molecular complexity index is 424. The van der Waals surface area contributed by atoms with Crippen LogP contribution in [-0.4, -0.2) is 19.4 Å². The SMILES string of the molecule is C#CCN=Cc1ccccc1OCC#N. The molecule has 0 saturated carbocycles. The minimum absolute atomic E-state index is 0.0278. The Labute approximate surface area is 89.0 Å². The van der Waals surface area contributed by atoms with Crippen LogP contribution in [0.15, 0.2) is 29.3 Å². The Morgan fingerprint density at radius 1 is 1.47 bits per heavy atom. The van der Waals surface area contributed by atoms with E-state index in [-0.39, 0.29) is 6.61 Å². The summed E-state index contributed by atoms with van der Waals surface area (Å²) in [7, 11) is 0. The largest absolute Gasteiger partial charge is 0.478 e. The van der Waals surface area contributed by atoms with Gasteiger partial charge >= 0.3 is 0 Å². The molecule has 74 valence electrons. The van der Waals surface area contributed by atoms with Crippen molar-refractivity contribution in [2.45, 2.75) is 0 Å². The van der Waals surface area contributed by atoms with E-state index >= 15 is 0 Å². The second-order valence-electron chi connectivity index (χ2n) is 2.66. The van der Waals surface area contributed by atoms with Gasteiger partial charge in [-0.15, -0.1) is 6.42 Å². The number of hydrogen-bond acceptors (Lipinski definition) is 3. The van der Waals surface area contributed by atoms with Gasteiger partial charge in [0.25, 0.3) is 0 Å². The van der Waals surface area contributed by atoms with Crippen molar-refractivity contribution in [3.63, 3.8) is 0 Å². The minimum Gasteiger partial charge on any atom is -0.478 e. The van der Waals surface area contributed by atoms with E-state index in [1.165, 1.54) is 0 Å². The molecular weight excluding hydrogens is 188 g/mol. The molecule has 0 heterocycles. The molecule has 0 atom stereocenters. The van der Waals surface area contributed by atoms with Crippen LogP contribution in [0, 0.1) is 23.7 Å². The zero-order valence-corrected chi connectivity index (χ0v) is 8.18. The van der Waals surface area contributed by atoms with Gasteiger partial charge < -0.3 is 4.74 Å². The van der Waals surface area contributed by atoms with E-state index in [9.17, 15) is 0 Å². The number of rotatable bonds is 4. The van der Waals surface area contributed by atoms with Gasteiger partial charge in [-0.2, -0.15) is 5.26 Å². The van der Waals surface area contributed by atoms with E-state index in [0.717, 1.165) is 5.56 Å². The lowest BCUT2D eigenvalue weighted by molar-refractivity contribution is 0.367. The average molecular weight is 198 g/mol. The molecule has 1 rings (SSSR count). The predicted molar refractivity (Wildman–Crippen MR) is 58.8 cm³/mol. The van der Waals surface area contributed by atoms with Crippen molar-refractivity contribution in [1.29, 1.82) is 5.26 Å². The summed E-state index contributed by atoms with van der Waals surface area (Å²) in [5, 5.41) is 8.40. The highest BCUT2D eigenvalue weighted by atomic mass is 16.5. The summed E-state index contributed by atoms with van der Waals surface area (Å²) in [4.78, 5) is 4.00. The van der Waals surface area contributed by atoms with Crippen molar-refractivity contribution in [2.24, 2.45) is 4.99 Å². The molecule has 0 radical (unpaired) electrons. The number of benzene rings is 1. The highest BCUT2D eigenvalue weighted by Crippen LogP contribution is 2.15.